The molecule has 4 rings (SSSR count). The number of sulfonamides is 2. The summed E-state index contributed by atoms with van der Waals surface area (Å²) in [7, 11) is -7.03. The van der Waals surface area contributed by atoms with Crippen molar-refractivity contribution in [3.05, 3.63) is 54.1 Å². The summed E-state index contributed by atoms with van der Waals surface area (Å²) < 4.78 is 59.8. The van der Waals surface area contributed by atoms with Crippen LogP contribution in [0, 0.1) is 0 Å². The first kappa shape index (κ1) is 25.6. The molecule has 2 N–H and O–H groups in total. The number of ether oxygens (including phenoxy) is 1. The number of benzene rings is 2. The number of carbonyl (C=O) groups is 1. The molecule has 2 aliphatic rings. The highest BCUT2D eigenvalue weighted by Crippen LogP contribution is 2.22. The summed E-state index contributed by atoms with van der Waals surface area (Å²) in [6.07, 6.45) is 5.55. The van der Waals surface area contributed by atoms with Gasteiger partial charge >= 0.3 is 0 Å². The third kappa shape index (κ3) is 6.60. The molecule has 0 radical (unpaired) electrons. The molecule has 0 bridgehead atoms. The fraction of sp³-hybridized carbons (Fsp3) is 0.458. The lowest BCUT2D eigenvalue weighted by Crippen LogP contribution is -2.32. The number of nitrogens with zero attached hydrogens (tertiary/aromatic N) is 1. The van der Waals surface area contributed by atoms with Gasteiger partial charge in [-0.05, 0) is 67.6 Å². The highest BCUT2D eigenvalue weighted by Gasteiger charge is 2.27. The van der Waals surface area contributed by atoms with Gasteiger partial charge in [0.1, 0.15) is 5.75 Å². The molecule has 0 spiro atoms. The van der Waals surface area contributed by atoms with Crippen molar-refractivity contribution in [3.63, 3.8) is 0 Å². The normalized spacial score (nSPS) is 17.5. The van der Waals surface area contributed by atoms with Gasteiger partial charge in [0.05, 0.1) is 9.79 Å². The van der Waals surface area contributed by atoms with E-state index in [-0.39, 0.29) is 34.9 Å². The molecule has 2 aromatic carbocycles. The Morgan fingerprint density at radius 1 is 0.857 bits per heavy atom. The van der Waals surface area contributed by atoms with Crippen LogP contribution in [0.5, 0.6) is 5.75 Å². The second-order valence-electron chi connectivity index (χ2n) is 8.89. The van der Waals surface area contributed by atoms with Crippen LogP contribution in [-0.2, 0) is 31.4 Å². The first-order valence-corrected chi connectivity index (χ1v) is 14.8. The van der Waals surface area contributed by atoms with Crippen molar-refractivity contribution < 1.29 is 26.4 Å². The van der Waals surface area contributed by atoms with E-state index in [1.807, 2.05) is 0 Å². The van der Waals surface area contributed by atoms with E-state index in [1.165, 1.54) is 28.6 Å². The molecule has 11 heteroatoms. The monoisotopic (exact) mass is 521 g/mol. The number of rotatable bonds is 10. The highest BCUT2D eigenvalue weighted by molar-refractivity contribution is 7.89. The molecule has 1 amide bonds. The van der Waals surface area contributed by atoms with E-state index in [0.29, 0.717) is 18.8 Å². The Labute approximate surface area is 207 Å². The largest absolute Gasteiger partial charge is 0.484 e. The summed E-state index contributed by atoms with van der Waals surface area (Å²) in [6, 6.07) is 12.4. The zero-order chi connectivity index (χ0) is 24.9. The third-order valence-corrected chi connectivity index (χ3v) is 9.75. The van der Waals surface area contributed by atoms with Crippen molar-refractivity contribution in [3.8, 4) is 5.75 Å². The lowest BCUT2D eigenvalue weighted by molar-refractivity contribution is -0.123. The van der Waals surface area contributed by atoms with Gasteiger partial charge in [0, 0.05) is 25.7 Å². The van der Waals surface area contributed by atoms with Crippen molar-refractivity contribution >= 4 is 26.0 Å². The maximum Gasteiger partial charge on any atom is 0.258 e. The van der Waals surface area contributed by atoms with E-state index in [9.17, 15) is 21.6 Å². The minimum absolute atomic E-state index is 0.00898. The Kier molecular flexibility index (Phi) is 8.10. The van der Waals surface area contributed by atoms with Crippen LogP contribution in [0.2, 0.25) is 0 Å². The standard InChI is InChI=1S/C24H31N3O6S2/c28-24(25-17-19-7-11-23(12-8-19)35(31,32)27-15-3-4-16-27)18-33-21-9-13-22(14-10-21)34(29,30)26-20-5-1-2-6-20/h7-14,20,26H,1-6,15-18H2,(H,25,28). The Bertz CT molecular complexity index is 1220. The second-order valence-corrected chi connectivity index (χ2v) is 12.5. The lowest BCUT2D eigenvalue weighted by Gasteiger charge is -2.15. The maximum atomic E-state index is 12.6. The summed E-state index contributed by atoms with van der Waals surface area (Å²) >= 11 is 0. The molecular formula is C24H31N3O6S2. The minimum atomic E-state index is -3.57. The number of amides is 1. The Morgan fingerprint density at radius 2 is 1.46 bits per heavy atom. The Morgan fingerprint density at radius 3 is 2.09 bits per heavy atom. The maximum absolute atomic E-state index is 12.6. The summed E-state index contributed by atoms with van der Waals surface area (Å²) in [5.41, 5.74) is 0.767. The van der Waals surface area contributed by atoms with Gasteiger partial charge in [-0.2, -0.15) is 4.31 Å². The van der Waals surface area contributed by atoms with E-state index in [2.05, 4.69) is 10.0 Å². The van der Waals surface area contributed by atoms with E-state index in [0.717, 1.165) is 44.1 Å². The Balaban J connectivity index is 1.23. The van der Waals surface area contributed by atoms with Crippen LogP contribution in [0.3, 0.4) is 0 Å². The zero-order valence-corrected chi connectivity index (χ0v) is 21.1. The van der Waals surface area contributed by atoms with Crippen molar-refractivity contribution in [1.29, 1.82) is 0 Å². The average molecular weight is 522 g/mol. The molecule has 2 aromatic rings. The molecule has 0 unspecified atom stereocenters. The predicted molar refractivity (Wildman–Crippen MR) is 131 cm³/mol. The molecule has 2 fully saturated rings. The first-order valence-electron chi connectivity index (χ1n) is 11.8. The molecule has 1 saturated carbocycles. The van der Waals surface area contributed by atoms with Gasteiger partial charge in [-0.25, -0.2) is 21.6 Å². The van der Waals surface area contributed by atoms with E-state index in [1.54, 1.807) is 24.3 Å². The van der Waals surface area contributed by atoms with Crippen molar-refractivity contribution in [2.75, 3.05) is 19.7 Å². The topological polar surface area (TPSA) is 122 Å². The van der Waals surface area contributed by atoms with E-state index < -0.39 is 20.0 Å². The van der Waals surface area contributed by atoms with Gasteiger partial charge in [-0.15, -0.1) is 0 Å². The van der Waals surface area contributed by atoms with Crippen LogP contribution >= 0.6 is 0 Å². The third-order valence-electron chi connectivity index (χ3n) is 6.30. The molecular weight excluding hydrogens is 490 g/mol. The fourth-order valence-corrected chi connectivity index (χ4v) is 7.13. The number of carbonyl (C=O) groups excluding carboxylic acids is 1. The van der Waals surface area contributed by atoms with Gasteiger partial charge in [0.15, 0.2) is 6.61 Å². The van der Waals surface area contributed by atoms with Gasteiger partial charge in [-0.3, -0.25) is 4.79 Å². The summed E-state index contributed by atoms with van der Waals surface area (Å²) in [5.74, 6) is 0.0369. The zero-order valence-electron chi connectivity index (χ0n) is 19.5. The summed E-state index contributed by atoms with van der Waals surface area (Å²) in [4.78, 5) is 12.6. The summed E-state index contributed by atoms with van der Waals surface area (Å²) in [6.45, 7) is 1.11. The van der Waals surface area contributed by atoms with Crippen molar-refractivity contribution in [2.24, 2.45) is 0 Å². The van der Waals surface area contributed by atoms with Gasteiger partial charge in [0.2, 0.25) is 20.0 Å². The van der Waals surface area contributed by atoms with Gasteiger partial charge in [0.25, 0.3) is 5.91 Å². The van der Waals surface area contributed by atoms with Crippen LogP contribution in [0.15, 0.2) is 58.3 Å². The Hall–Kier alpha value is -2.47. The average Bonchev–Trinajstić information content (AvgIpc) is 3.57. The fourth-order valence-electron chi connectivity index (χ4n) is 4.30. The first-order chi connectivity index (χ1) is 16.7. The molecule has 1 saturated heterocycles. The van der Waals surface area contributed by atoms with Gasteiger partial charge in [-0.1, -0.05) is 25.0 Å². The smallest absolute Gasteiger partial charge is 0.258 e. The lowest BCUT2D eigenvalue weighted by atomic mass is 10.2. The van der Waals surface area contributed by atoms with Gasteiger partial charge < -0.3 is 10.1 Å². The van der Waals surface area contributed by atoms with E-state index >= 15 is 0 Å². The van der Waals surface area contributed by atoms with Crippen molar-refractivity contribution in [2.45, 2.75) is 60.9 Å². The van der Waals surface area contributed by atoms with Crippen LogP contribution in [0.4, 0.5) is 0 Å². The second kappa shape index (κ2) is 11.1. The van der Waals surface area contributed by atoms with Crippen molar-refractivity contribution in [1.82, 2.24) is 14.3 Å². The molecule has 9 nitrogen and oxygen atoms in total. The number of hydrogen-bond acceptors (Lipinski definition) is 6. The predicted octanol–water partition coefficient (Wildman–Crippen LogP) is 2.39. The molecule has 35 heavy (non-hydrogen) atoms. The summed E-state index contributed by atoms with van der Waals surface area (Å²) in [5, 5.41) is 2.73. The number of hydrogen-bond donors (Lipinski definition) is 2. The van der Waals surface area contributed by atoms with Crippen LogP contribution in [0.1, 0.15) is 44.1 Å². The van der Waals surface area contributed by atoms with Crippen LogP contribution in [0.25, 0.3) is 0 Å². The minimum Gasteiger partial charge on any atom is -0.484 e. The molecule has 0 aromatic heterocycles. The highest BCUT2D eigenvalue weighted by atomic mass is 32.2. The molecule has 1 aliphatic carbocycles. The molecule has 1 aliphatic heterocycles. The molecule has 0 atom stereocenters. The number of nitrogens with one attached hydrogen (secondary N) is 2. The van der Waals surface area contributed by atoms with Crippen LogP contribution < -0.4 is 14.8 Å². The SMILES string of the molecule is O=C(COc1ccc(S(=O)(=O)NC2CCCC2)cc1)NCc1ccc(S(=O)(=O)N2CCCC2)cc1. The van der Waals surface area contributed by atoms with E-state index in [4.69, 9.17) is 4.74 Å². The molecule has 1 heterocycles. The van der Waals surface area contributed by atoms with Crippen LogP contribution in [-0.4, -0.2) is 52.8 Å². The quantitative estimate of drug-likeness (QED) is 0.495. The molecule has 190 valence electrons.